The van der Waals surface area contributed by atoms with Crippen LogP contribution in [0.2, 0.25) is 5.02 Å². The van der Waals surface area contributed by atoms with Gasteiger partial charge in [-0.05, 0) is 30.3 Å². The first-order valence-electron chi connectivity index (χ1n) is 11.2. The fraction of sp³-hybridized carbons (Fsp3) is 0.391. The lowest BCUT2D eigenvalue weighted by atomic mass is 10.0. The Morgan fingerprint density at radius 3 is 2.24 bits per heavy atom. The quantitative estimate of drug-likeness (QED) is 0.580. The molecule has 2 saturated heterocycles. The van der Waals surface area contributed by atoms with E-state index in [1.54, 1.807) is 36.4 Å². The molecule has 0 unspecified atom stereocenters. The molecule has 180 valence electrons. The topological polar surface area (TPSA) is 76.0 Å². The summed E-state index contributed by atoms with van der Waals surface area (Å²) >= 11 is 6.26. The van der Waals surface area contributed by atoms with Crippen LogP contribution in [0.3, 0.4) is 0 Å². The monoisotopic (exact) mass is 506 g/mol. The first kappa shape index (κ1) is 23.6. The summed E-state index contributed by atoms with van der Waals surface area (Å²) < 4.78 is 49.9. The summed E-state index contributed by atoms with van der Waals surface area (Å²) in [6.45, 7) is 3.84. The average molecular weight is 507 g/mol. The van der Waals surface area contributed by atoms with Crippen LogP contribution in [0, 0.1) is 5.82 Å². The number of hydrogen-bond donors (Lipinski definition) is 0. The van der Waals surface area contributed by atoms with E-state index in [0.29, 0.717) is 80.2 Å². The molecule has 11 heteroatoms. The Balaban J connectivity index is 1.53. The Labute approximate surface area is 202 Å². The van der Waals surface area contributed by atoms with Crippen LogP contribution in [0.1, 0.15) is 11.1 Å². The molecule has 0 aromatic heterocycles. The van der Waals surface area contributed by atoms with Crippen LogP contribution in [0.25, 0.3) is 0 Å². The highest BCUT2D eigenvalue weighted by Crippen LogP contribution is 2.55. The number of fused-ring (bicyclic) bond motifs is 1. The predicted molar refractivity (Wildman–Crippen MR) is 129 cm³/mol. The second kappa shape index (κ2) is 10.2. The molecule has 3 aliphatic rings. The minimum Gasteiger partial charge on any atom is -0.405 e. The molecule has 0 bridgehead atoms. The minimum absolute atomic E-state index is 0.00857. The van der Waals surface area contributed by atoms with Gasteiger partial charge in [0.05, 0.1) is 37.8 Å². The summed E-state index contributed by atoms with van der Waals surface area (Å²) in [5.74, 6) is -0.194. The summed E-state index contributed by atoms with van der Waals surface area (Å²) in [4.78, 5) is 9.32. The molecule has 0 atom stereocenters. The zero-order valence-electron chi connectivity index (χ0n) is 18.5. The molecule has 34 heavy (non-hydrogen) atoms. The van der Waals surface area contributed by atoms with Crippen LogP contribution in [-0.2, 0) is 18.6 Å². The Morgan fingerprint density at radius 1 is 0.941 bits per heavy atom. The number of halogens is 2. The molecule has 3 aliphatic heterocycles. The van der Waals surface area contributed by atoms with Gasteiger partial charge in [0.15, 0.2) is 0 Å². The maximum atomic E-state index is 14.7. The smallest absolute Gasteiger partial charge is 0.397 e. The molecule has 0 spiro atoms. The molecule has 2 aromatic rings. The Bertz CT molecular complexity index is 1140. The molecule has 0 saturated carbocycles. The summed E-state index contributed by atoms with van der Waals surface area (Å²) in [6.07, 6.45) is 0. The Hall–Kier alpha value is -2.13. The second-order valence-electron chi connectivity index (χ2n) is 8.03. The van der Waals surface area contributed by atoms with Gasteiger partial charge in [-0.1, -0.05) is 23.7 Å². The van der Waals surface area contributed by atoms with E-state index >= 15 is 0 Å². The fourth-order valence-electron chi connectivity index (χ4n) is 4.17. The van der Waals surface area contributed by atoms with Gasteiger partial charge in [0, 0.05) is 42.3 Å². The summed E-state index contributed by atoms with van der Waals surface area (Å²) in [5, 5.41) is 0.481. The van der Waals surface area contributed by atoms with E-state index in [4.69, 9.17) is 25.6 Å². The fourth-order valence-corrected chi connectivity index (χ4v) is 6.65. The molecule has 0 aliphatic carbocycles. The van der Waals surface area contributed by atoms with Crippen LogP contribution in [0.5, 0.6) is 0 Å². The molecule has 0 N–H and O–H groups in total. The molecule has 5 rings (SSSR count). The third-order valence-corrected chi connectivity index (χ3v) is 8.79. The summed E-state index contributed by atoms with van der Waals surface area (Å²) in [6, 6.07) is 11.6. The molecule has 2 aromatic carbocycles. The third-order valence-electron chi connectivity index (χ3n) is 5.87. The Kier molecular flexibility index (Phi) is 7.11. The highest BCUT2D eigenvalue weighted by atomic mass is 35.5. The molecule has 3 heterocycles. The maximum Gasteiger partial charge on any atom is 0.397 e. The highest BCUT2D eigenvalue weighted by Gasteiger charge is 2.42. The second-order valence-corrected chi connectivity index (χ2v) is 10.8. The maximum absolute atomic E-state index is 14.7. The van der Waals surface area contributed by atoms with Gasteiger partial charge in [-0.2, -0.15) is 0 Å². The van der Waals surface area contributed by atoms with E-state index in [0.717, 1.165) is 0 Å². The van der Waals surface area contributed by atoms with Gasteiger partial charge in [-0.25, -0.2) is 23.3 Å². The van der Waals surface area contributed by atoms with Gasteiger partial charge in [-0.15, -0.1) is 0 Å². The van der Waals surface area contributed by atoms with E-state index in [-0.39, 0.29) is 12.4 Å². The molecular weight excluding hydrogens is 482 g/mol. The number of ether oxygens (including phenoxy) is 2. The minimum atomic E-state index is -3.47. The van der Waals surface area contributed by atoms with Crippen molar-refractivity contribution in [3.8, 4) is 0 Å². The average Bonchev–Trinajstić information content (AvgIpc) is 3.04. The van der Waals surface area contributed by atoms with Gasteiger partial charge in [0.25, 0.3) is 0 Å². The third kappa shape index (κ3) is 4.82. The molecule has 2 fully saturated rings. The highest BCUT2D eigenvalue weighted by molar-refractivity contribution is 7.54. The van der Waals surface area contributed by atoms with E-state index < -0.39 is 13.5 Å². The van der Waals surface area contributed by atoms with Crippen molar-refractivity contribution in [1.29, 1.82) is 0 Å². The van der Waals surface area contributed by atoms with Crippen molar-refractivity contribution in [2.24, 2.45) is 9.98 Å². The Morgan fingerprint density at radius 2 is 1.59 bits per heavy atom. The molecule has 8 nitrogen and oxygen atoms in total. The predicted octanol–water partition coefficient (Wildman–Crippen LogP) is 4.15. The van der Waals surface area contributed by atoms with Crippen molar-refractivity contribution in [2.45, 2.75) is 0 Å². The van der Waals surface area contributed by atoms with Crippen LogP contribution < -0.4 is 0 Å². The number of aliphatic imine (C=N–C) groups is 2. The van der Waals surface area contributed by atoms with Gasteiger partial charge in [-0.3, -0.25) is 4.99 Å². The van der Waals surface area contributed by atoms with Crippen molar-refractivity contribution >= 4 is 36.6 Å². The van der Waals surface area contributed by atoms with E-state index in [1.807, 2.05) is 9.34 Å². The van der Waals surface area contributed by atoms with Crippen LogP contribution in [-0.4, -0.2) is 80.1 Å². The summed E-state index contributed by atoms with van der Waals surface area (Å²) in [5.41, 5.74) is 1.87. The van der Waals surface area contributed by atoms with Gasteiger partial charge < -0.3 is 14.0 Å². The molecule has 0 radical (unpaired) electrons. The van der Waals surface area contributed by atoms with Crippen molar-refractivity contribution in [1.82, 2.24) is 9.34 Å². The van der Waals surface area contributed by atoms with Crippen LogP contribution in [0.4, 0.5) is 10.1 Å². The molecule has 0 amide bonds. The number of benzene rings is 2. The van der Waals surface area contributed by atoms with Crippen molar-refractivity contribution in [3.63, 3.8) is 0 Å². The van der Waals surface area contributed by atoms with Gasteiger partial charge >= 0.3 is 7.67 Å². The van der Waals surface area contributed by atoms with Crippen LogP contribution >= 0.6 is 19.3 Å². The van der Waals surface area contributed by atoms with E-state index in [9.17, 15) is 8.96 Å². The SMILES string of the molecule is O=P(OC1=Nc2ccc(Cl)cc2C(c2ccccc2F)=NC1)(N1CCOCC1)N1CCOCC1. The first-order valence-corrected chi connectivity index (χ1v) is 13.1. The zero-order chi connectivity index (χ0) is 23.5. The lowest BCUT2D eigenvalue weighted by molar-refractivity contribution is 0.0440. The largest absolute Gasteiger partial charge is 0.405 e. The normalized spacial score (nSPS) is 20.2. The summed E-state index contributed by atoms with van der Waals surface area (Å²) in [7, 11) is -3.47. The van der Waals surface area contributed by atoms with Gasteiger partial charge in [0.1, 0.15) is 12.4 Å². The van der Waals surface area contributed by atoms with Crippen molar-refractivity contribution in [3.05, 3.63) is 64.4 Å². The zero-order valence-corrected chi connectivity index (χ0v) is 20.2. The van der Waals surface area contributed by atoms with Crippen LogP contribution in [0.15, 0.2) is 52.4 Å². The number of morpholine rings is 2. The number of nitrogens with zero attached hydrogens (tertiary/aromatic N) is 4. The van der Waals surface area contributed by atoms with Gasteiger partial charge in [0.2, 0.25) is 5.90 Å². The number of rotatable bonds is 4. The lowest BCUT2D eigenvalue weighted by Gasteiger charge is -2.40. The van der Waals surface area contributed by atoms with E-state index in [2.05, 4.69) is 9.98 Å². The number of hydrogen-bond acceptors (Lipinski definition) is 6. The molecular formula is C23H25ClFN4O4P. The standard InChI is InChI=1S/C23H25ClFN4O4P/c24-17-5-6-21-19(15-17)23(18-3-1-2-4-20(18)25)26-16-22(27-21)33-34(30,28-7-11-31-12-8-28)29-9-13-32-14-10-29/h1-6,15H,7-14,16H2. The van der Waals surface area contributed by atoms with Crippen molar-refractivity contribution < 1.29 is 23.0 Å². The first-order chi connectivity index (χ1) is 16.5. The van der Waals surface area contributed by atoms with E-state index in [1.165, 1.54) is 6.07 Å². The van der Waals surface area contributed by atoms with Crippen molar-refractivity contribution in [2.75, 3.05) is 59.2 Å². The lowest BCUT2D eigenvalue weighted by Crippen LogP contribution is -2.44.